The Bertz CT molecular complexity index is 1160. The molecule has 0 fully saturated rings. The molecule has 2 aromatic carbocycles. The summed E-state index contributed by atoms with van der Waals surface area (Å²) in [6.45, 7) is 0.724. The maximum absolute atomic E-state index is 10.6. The number of ether oxygens (including phenoxy) is 3. The summed E-state index contributed by atoms with van der Waals surface area (Å²) in [6.07, 6.45) is 0. The van der Waals surface area contributed by atoms with Crippen LogP contribution in [0.1, 0.15) is 10.6 Å². The van der Waals surface area contributed by atoms with E-state index in [0.29, 0.717) is 28.6 Å². The molecule has 0 unspecified atom stereocenters. The highest BCUT2D eigenvalue weighted by Gasteiger charge is 2.30. The van der Waals surface area contributed by atoms with Crippen LogP contribution in [-0.4, -0.2) is 48.7 Å². The summed E-state index contributed by atoms with van der Waals surface area (Å²) < 4.78 is 16.1. The molecule has 7 nitrogen and oxygen atoms in total. The number of hydrogen-bond acceptors (Lipinski definition) is 7. The first kappa shape index (κ1) is 20.7. The zero-order valence-electron chi connectivity index (χ0n) is 17.5. The lowest BCUT2D eigenvalue weighted by atomic mass is 10.1. The van der Waals surface area contributed by atoms with Crippen LogP contribution in [0.2, 0.25) is 0 Å². The zero-order valence-corrected chi connectivity index (χ0v) is 18.3. The van der Waals surface area contributed by atoms with Crippen LogP contribution in [0, 0.1) is 5.41 Å². The van der Waals surface area contributed by atoms with Crippen molar-refractivity contribution < 1.29 is 19.3 Å². The summed E-state index contributed by atoms with van der Waals surface area (Å²) >= 11 is 1.40. The molecule has 8 heteroatoms. The second-order valence-corrected chi connectivity index (χ2v) is 7.80. The Morgan fingerprint density at radius 1 is 1.03 bits per heavy atom. The summed E-state index contributed by atoms with van der Waals surface area (Å²) in [5.41, 5.74) is 3.04. The van der Waals surface area contributed by atoms with Crippen LogP contribution < -0.4 is 14.2 Å². The summed E-state index contributed by atoms with van der Waals surface area (Å²) in [4.78, 5) is 6.49. The van der Waals surface area contributed by atoms with Crippen LogP contribution in [0.25, 0.3) is 16.8 Å². The van der Waals surface area contributed by atoms with E-state index in [9.17, 15) is 5.11 Å². The number of para-hydroxylation sites is 1. The van der Waals surface area contributed by atoms with Crippen molar-refractivity contribution in [2.45, 2.75) is 6.54 Å². The van der Waals surface area contributed by atoms with Gasteiger partial charge in [-0.15, -0.1) is 11.3 Å². The van der Waals surface area contributed by atoms with Crippen LogP contribution >= 0.6 is 11.3 Å². The Labute approximate surface area is 184 Å². The number of amidine groups is 1. The van der Waals surface area contributed by atoms with Crippen LogP contribution in [0.4, 0.5) is 0 Å². The lowest BCUT2D eigenvalue weighted by molar-refractivity contribution is 0.341. The third-order valence-corrected chi connectivity index (χ3v) is 5.99. The lowest BCUT2D eigenvalue weighted by Gasteiger charge is -2.20. The maximum Gasteiger partial charge on any atom is 0.161 e. The summed E-state index contributed by atoms with van der Waals surface area (Å²) in [5.74, 6) is 2.41. The number of methoxy groups -OCH3 is 3. The highest BCUT2D eigenvalue weighted by Crippen LogP contribution is 2.36. The Hall–Kier alpha value is -3.52. The number of aliphatic hydroxyl groups is 1. The number of aliphatic hydroxyl groups excluding tert-OH is 1. The fourth-order valence-corrected chi connectivity index (χ4v) is 4.44. The third kappa shape index (κ3) is 3.94. The van der Waals surface area contributed by atoms with Crippen molar-refractivity contribution in [3.63, 3.8) is 0 Å². The Balaban J connectivity index is 1.57. The fraction of sp³-hybridized carbons (Fsp3) is 0.217. The molecule has 0 atom stereocenters. The molecule has 1 aromatic heterocycles. The monoisotopic (exact) mass is 437 g/mol. The molecule has 0 spiro atoms. The smallest absolute Gasteiger partial charge is 0.161 e. The minimum Gasteiger partial charge on any atom is -0.510 e. The van der Waals surface area contributed by atoms with Gasteiger partial charge in [0, 0.05) is 23.1 Å². The van der Waals surface area contributed by atoms with Gasteiger partial charge in [-0.25, -0.2) is 4.98 Å². The average Bonchev–Trinajstić information content (AvgIpc) is 3.37. The molecule has 0 aliphatic carbocycles. The van der Waals surface area contributed by atoms with E-state index in [-0.39, 0.29) is 18.1 Å². The van der Waals surface area contributed by atoms with Gasteiger partial charge in [0.25, 0.3) is 0 Å². The minimum atomic E-state index is 0.146. The van der Waals surface area contributed by atoms with Gasteiger partial charge < -0.3 is 24.2 Å². The number of nitrogens with one attached hydrogen (secondary N) is 1. The first-order valence-electron chi connectivity index (χ1n) is 9.61. The molecule has 3 aromatic rings. The zero-order chi connectivity index (χ0) is 22.0. The molecule has 0 saturated heterocycles. The van der Waals surface area contributed by atoms with Gasteiger partial charge in [-0.3, -0.25) is 5.41 Å². The molecule has 160 valence electrons. The summed E-state index contributed by atoms with van der Waals surface area (Å²) in [6, 6.07) is 13.3. The van der Waals surface area contributed by atoms with Gasteiger partial charge in [-0.2, -0.15) is 0 Å². The Morgan fingerprint density at radius 3 is 2.52 bits per heavy atom. The van der Waals surface area contributed by atoms with Crippen molar-refractivity contribution in [1.29, 1.82) is 5.41 Å². The molecule has 0 amide bonds. The number of nitrogens with zero attached hydrogens (tertiary/aromatic N) is 2. The lowest BCUT2D eigenvalue weighted by Crippen LogP contribution is -2.26. The van der Waals surface area contributed by atoms with E-state index in [1.807, 2.05) is 47.8 Å². The predicted octanol–water partition coefficient (Wildman–Crippen LogP) is 4.60. The van der Waals surface area contributed by atoms with Crippen molar-refractivity contribution in [3.05, 3.63) is 64.2 Å². The number of benzene rings is 2. The van der Waals surface area contributed by atoms with E-state index in [1.54, 1.807) is 26.2 Å². The Morgan fingerprint density at radius 2 is 1.77 bits per heavy atom. The molecule has 2 N–H and O–H groups in total. The van der Waals surface area contributed by atoms with Gasteiger partial charge in [-0.05, 0) is 24.3 Å². The van der Waals surface area contributed by atoms with Gasteiger partial charge in [0.05, 0.1) is 39.1 Å². The molecule has 1 aliphatic heterocycles. The number of aromatic nitrogens is 1. The number of hydrogen-bond donors (Lipinski definition) is 2. The van der Waals surface area contributed by atoms with Crippen LogP contribution in [-0.2, 0) is 6.54 Å². The second-order valence-electron chi connectivity index (χ2n) is 6.95. The van der Waals surface area contributed by atoms with E-state index in [0.717, 1.165) is 22.6 Å². The maximum atomic E-state index is 10.6. The van der Waals surface area contributed by atoms with E-state index in [2.05, 4.69) is 4.98 Å². The molecule has 1 aliphatic rings. The van der Waals surface area contributed by atoms with Crippen LogP contribution in [0.15, 0.2) is 53.6 Å². The van der Waals surface area contributed by atoms with Gasteiger partial charge in [0.15, 0.2) is 11.5 Å². The van der Waals surface area contributed by atoms with Crippen LogP contribution in [0.3, 0.4) is 0 Å². The Kier molecular flexibility index (Phi) is 5.81. The first-order valence-corrected chi connectivity index (χ1v) is 10.5. The number of rotatable bonds is 7. The molecule has 31 heavy (non-hydrogen) atoms. The standard InChI is InChI=1S/C23H23N3O4S/c1-28-18-7-5-4-6-15(18)11-26-12-17(27)21(22(26)24)23-25-16(13-31-23)14-8-9-19(29-2)20(10-14)30-3/h4-10,13,24,27H,11-12H2,1-3H3. The molecule has 0 bridgehead atoms. The molecular formula is C23H23N3O4S. The van der Waals surface area contributed by atoms with Gasteiger partial charge in [0.1, 0.15) is 22.4 Å². The predicted molar refractivity (Wildman–Crippen MR) is 121 cm³/mol. The summed E-state index contributed by atoms with van der Waals surface area (Å²) in [5, 5.41) is 21.8. The van der Waals surface area contributed by atoms with Crippen molar-refractivity contribution in [1.82, 2.24) is 9.88 Å². The van der Waals surface area contributed by atoms with Crippen LogP contribution in [0.5, 0.6) is 17.2 Å². The topological polar surface area (TPSA) is 87.9 Å². The van der Waals surface area contributed by atoms with Gasteiger partial charge >= 0.3 is 0 Å². The van der Waals surface area contributed by atoms with Crippen molar-refractivity contribution >= 4 is 22.7 Å². The van der Waals surface area contributed by atoms with E-state index < -0.39 is 0 Å². The first-order chi connectivity index (χ1) is 15.0. The summed E-state index contributed by atoms with van der Waals surface area (Å²) in [7, 11) is 4.81. The highest BCUT2D eigenvalue weighted by atomic mass is 32.1. The van der Waals surface area contributed by atoms with E-state index in [1.165, 1.54) is 11.3 Å². The molecule has 2 heterocycles. The third-order valence-electron chi connectivity index (χ3n) is 5.13. The second kappa shape index (κ2) is 8.69. The number of thiazole rings is 1. The SMILES string of the molecule is COc1ccccc1CN1CC(O)=C(c2nc(-c3ccc(OC)c(OC)c3)cs2)C1=N. The van der Waals surface area contributed by atoms with Gasteiger partial charge in [0.2, 0.25) is 0 Å². The fourth-order valence-electron chi connectivity index (χ4n) is 3.55. The largest absolute Gasteiger partial charge is 0.510 e. The highest BCUT2D eigenvalue weighted by molar-refractivity contribution is 7.11. The minimum absolute atomic E-state index is 0.146. The van der Waals surface area contributed by atoms with Crippen molar-refractivity contribution in [3.8, 4) is 28.5 Å². The van der Waals surface area contributed by atoms with Gasteiger partial charge in [-0.1, -0.05) is 18.2 Å². The molecule has 4 rings (SSSR count). The van der Waals surface area contributed by atoms with Crippen molar-refractivity contribution in [2.24, 2.45) is 0 Å². The molecule has 0 radical (unpaired) electrons. The van der Waals surface area contributed by atoms with E-state index >= 15 is 0 Å². The molecule has 0 saturated carbocycles. The van der Waals surface area contributed by atoms with E-state index in [4.69, 9.17) is 19.6 Å². The normalized spacial score (nSPS) is 13.6. The average molecular weight is 438 g/mol. The molecular weight excluding hydrogens is 414 g/mol. The van der Waals surface area contributed by atoms with Crippen molar-refractivity contribution in [2.75, 3.05) is 27.9 Å². The quantitative estimate of drug-likeness (QED) is 0.562.